The Morgan fingerprint density at radius 2 is 1.81 bits per heavy atom. The van der Waals surface area contributed by atoms with Crippen LogP contribution in [0.25, 0.3) is 0 Å². The van der Waals surface area contributed by atoms with Gasteiger partial charge in [0.25, 0.3) is 0 Å². The van der Waals surface area contributed by atoms with Crippen molar-refractivity contribution in [2.24, 2.45) is 5.92 Å². The van der Waals surface area contributed by atoms with Gasteiger partial charge in [-0.05, 0) is 6.92 Å². The van der Waals surface area contributed by atoms with Crippen LogP contribution in [0.2, 0.25) is 0 Å². The Morgan fingerprint density at radius 3 is 2.25 bits per heavy atom. The Morgan fingerprint density at radius 1 is 1.25 bits per heavy atom. The van der Waals surface area contributed by atoms with Gasteiger partial charge in [-0.2, -0.15) is 0 Å². The van der Waals surface area contributed by atoms with Crippen molar-refractivity contribution in [2.75, 3.05) is 6.61 Å². The van der Waals surface area contributed by atoms with Gasteiger partial charge in [-0.15, -0.1) is 0 Å². The van der Waals surface area contributed by atoms with E-state index in [0.29, 0.717) is 0 Å². The summed E-state index contributed by atoms with van der Waals surface area (Å²) in [7, 11) is 0. The number of rotatable bonds is 3. The lowest BCUT2D eigenvalue weighted by atomic mass is 9.89. The summed E-state index contributed by atoms with van der Waals surface area (Å²) < 4.78 is 5.06. The first kappa shape index (κ1) is 13.3. The lowest BCUT2D eigenvalue weighted by molar-refractivity contribution is -0.240. The van der Waals surface area contributed by atoms with Gasteiger partial charge in [0, 0.05) is 0 Å². The zero-order valence-corrected chi connectivity index (χ0v) is 8.72. The summed E-state index contributed by atoms with van der Waals surface area (Å²) in [6.45, 7) is 0.753. The van der Waals surface area contributed by atoms with Crippen LogP contribution in [0.5, 0.6) is 0 Å². The van der Waals surface area contributed by atoms with Crippen molar-refractivity contribution in [3.63, 3.8) is 0 Å². The summed E-state index contributed by atoms with van der Waals surface area (Å²) in [5, 5.41) is 46.1. The second-order valence-electron chi connectivity index (χ2n) is 3.92. The van der Waals surface area contributed by atoms with Crippen LogP contribution in [-0.4, -0.2) is 68.6 Å². The van der Waals surface area contributed by atoms with Gasteiger partial charge >= 0.3 is 5.97 Å². The van der Waals surface area contributed by atoms with Gasteiger partial charge in [0.1, 0.15) is 24.4 Å². The molecule has 7 heteroatoms. The average Bonchev–Trinajstić information content (AvgIpc) is 2.25. The first-order valence-corrected chi connectivity index (χ1v) is 4.93. The fourth-order valence-corrected chi connectivity index (χ4v) is 1.68. The predicted molar refractivity (Wildman–Crippen MR) is 50.6 cm³/mol. The Labute approximate surface area is 91.9 Å². The highest BCUT2D eigenvalue weighted by Gasteiger charge is 2.46. The van der Waals surface area contributed by atoms with Gasteiger partial charge in [-0.25, -0.2) is 0 Å². The van der Waals surface area contributed by atoms with E-state index < -0.39 is 49.0 Å². The zero-order valence-electron chi connectivity index (χ0n) is 8.72. The molecule has 16 heavy (non-hydrogen) atoms. The summed E-state index contributed by atoms with van der Waals surface area (Å²) in [5.74, 6) is -2.24. The Balaban J connectivity index is 2.82. The Hall–Kier alpha value is -0.730. The second-order valence-corrected chi connectivity index (χ2v) is 3.92. The molecule has 2 unspecified atom stereocenters. The molecule has 94 valence electrons. The fourth-order valence-electron chi connectivity index (χ4n) is 1.68. The first-order valence-electron chi connectivity index (χ1n) is 4.93. The Bertz CT molecular complexity index is 254. The minimum absolute atomic E-state index is 0.562. The molecule has 0 saturated carbocycles. The molecule has 1 aliphatic heterocycles. The molecular weight excluding hydrogens is 220 g/mol. The molecule has 1 aliphatic rings. The van der Waals surface area contributed by atoms with E-state index in [0.717, 1.165) is 0 Å². The molecule has 0 spiro atoms. The number of aliphatic carboxylic acids is 1. The van der Waals surface area contributed by atoms with Gasteiger partial charge in [-0.1, -0.05) is 0 Å². The zero-order chi connectivity index (χ0) is 12.5. The molecule has 0 aromatic carbocycles. The molecule has 1 saturated heterocycles. The van der Waals surface area contributed by atoms with E-state index in [4.69, 9.17) is 14.9 Å². The van der Waals surface area contributed by atoms with Gasteiger partial charge in [0.05, 0.1) is 18.6 Å². The lowest BCUT2D eigenvalue weighted by Gasteiger charge is -2.41. The minimum Gasteiger partial charge on any atom is -0.481 e. The SMILES string of the molecule is CC(C(=O)O)C1O[C@H](CO)[C@@H](O)[C@H](O)[C@@H]1O. The number of aliphatic hydroxyl groups excluding tert-OH is 4. The van der Waals surface area contributed by atoms with Crippen molar-refractivity contribution < 1.29 is 35.1 Å². The maximum absolute atomic E-state index is 10.7. The van der Waals surface area contributed by atoms with Crippen molar-refractivity contribution in [3.8, 4) is 0 Å². The molecule has 1 fully saturated rings. The molecule has 0 aromatic heterocycles. The summed E-state index contributed by atoms with van der Waals surface area (Å²) in [4.78, 5) is 10.7. The van der Waals surface area contributed by atoms with Crippen LogP contribution in [0, 0.1) is 5.92 Å². The van der Waals surface area contributed by atoms with Crippen LogP contribution in [0.3, 0.4) is 0 Å². The molecule has 0 amide bonds. The second kappa shape index (κ2) is 5.07. The van der Waals surface area contributed by atoms with Crippen molar-refractivity contribution in [1.29, 1.82) is 0 Å². The third kappa shape index (κ3) is 2.33. The van der Waals surface area contributed by atoms with Crippen LogP contribution in [0.15, 0.2) is 0 Å². The number of hydrogen-bond acceptors (Lipinski definition) is 6. The largest absolute Gasteiger partial charge is 0.481 e. The van der Waals surface area contributed by atoms with Gasteiger partial charge in [-0.3, -0.25) is 4.79 Å². The van der Waals surface area contributed by atoms with E-state index in [1.807, 2.05) is 0 Å². The molecule has 0 aromatic rings. The molecule has 0 aliphatic carbocycles. The molecule has 7 nitrogen and oxygen atoms in total. The van der Waals surface area contributed by atoms with Crippen LogP contribution >= 0.6 is 0 Å². The summed E-state index contributed by atoms with van der Waals surface area (Å²) in [5.41, 5.74) is 0. The number of carboxylic acid groups (broad SMARTS) is 1. The van der Waals surface area contributed by atoms with Crippen molar-refractivity contribution in [2.45, 2.75) is 37.4 Å². The summed E-state index contributed by atoms with van der Waals surface area (Å²) >= 11 is 0. The van der Waals surface area contributed by atoms with Crippen molar-refractivity contribution >= 4 is 5.97 Å². The molecule has 0 radical (unpaired) electrons. The van der Waals surface area contributed by atoms with Crippen LogP contribution in [0.1, 0.15) is 6.92 Å². The highest BCUT2D eigenvalue weighted by molar-refractivity contribution is 5.70. The Kier molecular flexibility index (Phi) is 4.22. The maximum Gasteiger partial charge on any atom is 0.308 e. The van der Waals surface area contributed by atoms with E-state index >= 15 is 0 Å². The summed E-state index contributed by atoms with van der Waals surface area (Å²) in [6, 6.07) is 0. The average molecular weight is 236 g/mol. The molecule has 5 N–H and O–H groups in total. The van der Waals surface area contributed by atoms with Gasteiger partial charge in [0.2, 0.25) is 0 Å². The maximum atomic E-state index is 10.7. The summed E-state index contributed by atoms with van der Waals surface area (Å²) in [6.07, 6.45) is -6.71. The van der Waals surface area contributed by atoms with E-state index in [1.54, 1.807) is 0 Å². The predicted octanol–water partition coefficient (Wildman–Crippen LogP) is -2.45. The van der Waals surface area contributed by atoms with E-state index in [2.05, 4.69) is 0 Å². The van der Waals surface area contributed by atoms with Crippen LogP contribution in [0.4, 0.5) is 0 Å². The molecule has 1 rings (SSSR count). The fraction of sp³-hybridized carbons (Fsp3) is 0.889. The third-order valence-electron chi connectivity index (χ3n) is 2.81. The highest BCUT2D eigenvalue weighted by Crippen LogP contribution is 2.25. The van der Waals surface area contributed by atoms with E-state index in [9.17, 15) is 20.1 Å². The molecule has 6 atom stereocenters. The van der Waals surface area contributed by atoms with E-state index in [-0.39, 0.29) is 0 Å². The van der Waals surface area contributed by atoms with Crippen LogP contribution in [-0.2, 0) is 9.53 Å². The van der Waals surface area contributed by atoms with Crippen molar-refractivity contribution in [1.82, 2.24) is 0 Å². The molecule has 0 bridgehead atoms. The number of ether oxygens (including phenoxy) is 1. The standard InChI is InChI=1S/C9H16O7/c1-3(9(14)15)8-7(13)6(12)5(11)4(2-10)16-8/h3-8,10-13H,2H2,1H3,(H,14,15)/t3?,4-,5-,6+,7+,8?/m1/s1. The topological polar surface area (TPSA) is 127 Å². The normalized spacial score (nSPS) is 41.7. The van der Waals surface area contributed by atoms with Crippen molar-refractivity contribution in [3.05, 3.63) is 0 Å². The smallest absolute Gasteiger partial charge is 0.308 e. The van der Waals surface area contributed by atoms with Gasteiger partial charge < -0.3 is 30.3 Å². The van der Waals surface area contributed by atoms with Gasteiger partial charge in [0.15, 0.2) is 0 Å². The molecular formula is C9H16O7. The van der Waals surface area contributed by atoms with E-state index in [1.165, 1.54) is 6.92 Å². The third-order valence-corrected chi connectivity index (χ3v) is 2.81. The quantitative estimate of drug-likeness (QED) is 0.368. The highest BCUT2D eigenvalue weighted by atomic mass is 16.5. The minimum atomic E-state index is -1.53. The van der Waals surface area contributed by atoms with Crippen LogP contribution < -0.4 is 0 Å². The number of aliphatic hydroxyl groups is 4. The number of carbonyl (C=O) groups is 1. The molecule has 1 heterocycles. The lowest BCUT2D eigenvalue weighted by Crippen LogP contribution is -2.60. The number of carboxylic acids is 1. The number of hydrogen-bond donors (Lipinski definition) is 5. The first-order chi connectivity index (χ1) is 7.40. The monoisotopic (exact) mass is 236 g/mol.